The lowest BCUT2D eigenvalue weighted by atomic mass is 9.83. The number of benzene rings is 4. The first kappa shape index (κ1) is 42.2. The van der Waals surface area contributed by atoms with Gasteiger partial charge in [-0.05, 0) is 103 Å². The van der Waals surface area contributed by atoms with Gasteiger partial charge >= 0.3 is 12.2 Å². The zero-order chi connectivity index (χ0) is 45.5. The van der Waals surface area contributed by atoms with Crippen LogP contribution in [-0.2, 0) is 24.6 Å². The molecule has 4 fully saturated rings. The third-order valence-corrected chi connectivity index (χ3v) is 14.9. The van der Waals surface area contributed by atoms with Gasteiger partial charge in [-0.1, -0.05) is 75.4 Å². The van der Waals surface area contributed by atoms with E-state index < -0.39 is 35.6 Å². The highest BCUT2D eigenvalue weighted by Gasteiger charge is 2.62. The van der Waals surface area contributed by atoms with Crippen LogP contribution in [0.25, 0.3) is 44.2 Å². The molecule has 0 spiro atoms. The number of likely N-dealkylation sites (tertiary alicyclic amines) is 2. The van der Waals surface area contributed by atoms with Crippen LogP contribution >= 0.6 is 0 Å². The summed E-state index contributed by atoms with van der Waals surface area (Å²) in [6.45, 7) is 7.99. The van der Waals surface area contributed by atoms with E-state index in [1.807, 2.05) is 97.3 Å². The molecule has 2 aliphatic carbocycles. The molecule has 0 radical (unpaired) electrons. The minimum absolute atomic E-state index is 0.0375. The number of imidazole rings is 2. The number of nitrogens with zero attached hydrogens (tertiary/aromatic N) is 4. The molecule has 2 saturated heterocycles. The van der Waals surface area contributed by atoms with Crippen LogP contribution in [0, 0.1) is 29.5 Å². The monoisotopic (exact) mass is 880 g/mol. The van der Waals surface area contributed by atoms with Crippen molar-refractivity contribution >= 4 is 45.8 Å². The van der Waals surface area contributed by atoms with Crippen LogP contribution in [0.5, 0.6) is 0 Å². The summed E-state index contributed by atoms with van der Waals surface area (Å²) in [7, 11) is 2.56. The molecular weight excluding hydrogens is 828 g/mol. The molecule has 65 heavy (non-hydrogen) atoms. The van der Waals surface area contributed by atoms with Gasteiger partial charge in [0.1, 0.15) is 35.1 Å². The van der Waals surface area contributed by atoms with Crippen LogP contribution in [0.3, 0.4) is 0 Å². The summed E-state index contributed by atoms with van der Waals surface area (Å²) in [5, 5.41) is 7.37. The number of ether oxygens (including phenoxy) is 2. The van der Waals surface area contributed by atoms with E-state index in [4.69, 9.17) is 19.4 Å². The van der Waals surface area contributed by atoms with Crippen molar-refractivity contribution in [3.63, 3.8) is 0 Å². The molecule has 2 bridgehead atoms. The zero-order valence-corrected chi connectivity index (χ0v) is 37.2. The standard InChI is InChI=1S/C50H53FN8O6/c1-25(2)40(56-48(62)64-5)45(60)58-39(23-35-26(3)43(35)58)44-53-37-19-14-30-20-28(12-17-33(30)42(37)55-44)29-13-18-34(36(51)21-29)38-24-52-47(54-38)50(4)31-15-16-32(22-31)59(50)46(61)41(57-49(63)65-6)27-10-8-7-9-11-27/h7-14,17-21,24-26,31-32,35,39-41,43H,15-16,22-23H2,1-6H3,(H,52,54)(H,53,55)(H,56,62)(H,57,63)/t26?,31-,32+,35?,39-,40-,41+,43?,50-/m0/s1. The third-order valence-electron chi connectivity index (χ3n) is 14.9. The van der Waals surface area contributed by atoms with Crippen LogP contribution in [0.1, 0.15) is 82.7 Å². The number of carbonyl (C=O) groups is 4. The van der Waals surface area contributed by atoms with Crippen molar-refractivity contribution in [2.75, 3.05) is 14.2 Å². The second-order valence-electron chi connectivity index (χ2n) is 18.7. The van der Waals surface area contributed by atoms with Gasteiger partial charge in [0.15, 0.2) is 0 Å². The summed E-state index contributed by atoms with van der Waals surface area (Å²) >= 11 is 0. The van der Waals surface area contributed by atoms with Crippen LogP contribution in [0.2, 0.25) is 0 Å². The number of alkyl carbamates (subject to hydrolysis) is 2. The average Bonchev–Trinajstić information content (AvgIpc) is 4.03. The molecule has 4 heterocycles. The molecule has 4 N–H and O–H groups in total. The number of carbonyl (C=O) groups excluding carboxylic acids is 4. The molecule has 9 atom stereocenters. The third kappa shape index (κ3) is 6.97. The van der Waals surface area contributed by atoms with Crippen molar-refractivity contribution in [3.8, 4) is 22.4 Å². The van der Waals surface area contributed by atoms with Crippen LogP contribution in [0.15, 0.2) is 85.1 Å². The molecule has 4 amide bonds. The predicted octanol–water partition coefficient (Wildman–Crippen LogP) is 8.52. The summed E-state index contributed by atoms with van der Waals surface area (Å²) in [6.07, 6.45) is 3.64. The number of H-pyrrole nitrogens is 2. The maximum Gasteiger partial charge on any atom is 0.407 e. The fourth-order valence-electron chi connectivity index (χ4n) is 11.4. The summed E-state index contributed by atoms with van der Waals surface area (Å²) in [4.78, 5) is 73.9. The van der Waals surface area contributed by atoms with Gasteiger partial charge in [-0.15, -0.1) is 0 Å². The second-order valence-corrected chi connectivity index (χ2v) is 18.7. The van der Waals surface area contributed by atoms with Crippen LogP contribution in [-0.4, -0.2) is 86.1 Å². The van der Waals surface area contributed by atoms with Crippen molar-refractivity contribution in [2.45, 2.75) is 89.1 Å². The quantitative estimate of drug-likeness (QED) is 0.106. The number of amides is 4. The van der Waals surface area contributed by atoms with E-state index in [2.05, 4.69) is 27.5 Å². The van der Waals surface area contributed by atoms with E-state index in [9.17, 15) is 19.2 Å². The van der Waals surface area contributed by atoms with Crippen molar-refractivity contribution in [1.29, 1.82) is 0 Å². The molecule has 6 aromatic rings. The fraction of sp³-hybridized carbons (Fsp3) is 0.400. The van der Waals surface area contributed by atoms with Gasteiger partial charge < -0.3 is 39.9 Å². The molecule has 10 rings (SSSR count). The number of hydrogen-bond acceptors (Lipinski definition) is 8. The highest BCUT2D eigenvalue weighted by atomic mass is 19.1. The molecule has 15 heteroatoms. The SMILES string of the molecule is COC(=O)N[C@H](C(=O)N1C2C(C)C2C[C@H]1c1nc2c(ccc3cc(-c4ccc(-c5cnc([C@]6(C)[C@H]7CC[C@H](C7)N6C(=O)[C@H](NC(=O)OC)c6ccccc6)[nH]5)c(F)c4)ccc32)[nH]1)C(C)C. The first-order chi connectivity index (χ1) is 31.3. The predicted molar refractivity (Wildman–Crippen MR) is 241 cm³/mol. The van der Waals surface area contributed by atoms with Gasteiger partial charge in [0, 0.05) is 23.0 Å². The molecular formula is C50H53FN8O6. The summed E-state index contributed by atoms with van der Waals surface area (Å²) in [5.41, 5.74) is 3.84. The Morgan fingerprint density at radius 1 is 0.877 bits per heavy atom. The Morgan fingerprint density at radius 2 is 1.62 bits per heavy atom. The number of piperidine rings is 2. The van der Waals surface area contributed by atoms with Crippen LogP contribution < -0.4 is 10.6 Å². The van der Waals surface area contributed by atoms with Crippen molar-refractivity contribution < 1.29 is 33.0 Å². The lowest BCUT2D eigenvalue weighted by molar-refractivity contribution is -0.143. The number of fused-ring (bicyclic) bond motifs is 6. The maximum absolute atomic E-state index is 16.3. The van der Waals surface area contributed by atoms with Gasteiger partial charge in [0.25, 0.3) is 5.91 Å². The topological polar surface area (TPSA) is 175 Å². The van der Waals surface area contributed by atoms with Gasteiger partial charge in [-0.3, -0.25) is 9.59 Å². The lowest BCUT2D eigenvalue weighted by Gasteiger charge is -2.44. The number of halogens is 1. The molecule has 3 unspecified atom stereocenters. The number of nitrogens with one attached hydrogen (secondary N) is 4. The summed E-state index contributed by atoms with van der Waals surface area (Å²) in [6, 6.07) is 22.4. The Labute approximate surface area is 375 Å². The highest BCUT2D eigenvalue weighted by molar-refractivity contribution is 6.05. The minimum Gasteiger partial charge on any atom is -0.453 e. The maximum atomic E-state index is 16.3. The Morgan fingerprint density at radius 3 is 2.35 bits per heavy atom. The number of hydrogen-bond donors (Lipinski definition) is 4. The molecule has 4 aliphatic rings. The molecule has 2 saturated carbocycles. The largest absolute Gasteiger partial charge is 0.453 e. The normalized spacial score (nSPS) is 25.2. The van der Waals surface area contributed by atoms with Crippen molar-refractivity contribution in [1.82, 2.24) is 40.4 Å². The summed E-state index contributed by atoms with van der Waals surface area (Å²) < 4.78 is 26.0. The average molecular weight is 881 g/mol. The molecule has 336 valence electrons. The highest BCUT2D eigenvalue weighted by Crippen LogP contribution is 2.58. The second kappa shape index (κ2) is 16.0. The first-order valence-corrected chi connectivity index (χ1v) is 22.5. The van der Waals surface area contributed by atoms with Crippen molar-refractivity contribution in [3.05, 3.63) is 108 Å². The van der Waals surface area contributed by atoms with E-state index >= 15 is 4.39 Å². The number of rotatable bonds is 10. The van der Waals surface area contributed by atoms with Crippen molar-refractivity contribution in [2.24, 2.45) is 23.7 Å². The van der Waals surface area contributed by atoms with Gasteiger partial charge in [0.05, 0.1) is 43.2 Å². The Kier molecular flexibility index (Phi) is 10.4. The van der Waals surface area contributed by atoms with E-state index in [0.717, 1.165) is 53.1 Å². The Hall–Kier alpha value is -6.77. The van der Waals surface area contributed by atoms with E-state index in [1.54, 1.807) is 12.3 Å². The summed E-state index contributed by atoms with van der Waals surface area (Å²) in [5.74, 6) is 1.19. The Balaban J connectivity index is 0.904. The molecule has 14 nitrogen and oxygen atoms in total. The van der Waals surface area contributed by atoms with Gasteiger partial charge in [0.2, 0.25) is 5.91 Å². The van der Waals surface area contributed by atoms with E-state index in [0.29, 0.717) is 45.9 Å². The molecule has 2 aliphatic heterocycles. The number of aromatic amines is 2. The first-order valence-electron chi connectivity index (χ1n) is 22.5. The van der Waals surface area contributed by atoms with Gasteiger partial charge in [-0.2, -0.15) is 0 Å². The lowest BCUT2D eigenvalue weighted by Crippen LogP contribution is -2.55. The number of methoxy groups -OCH3 is 2. The smallest absolute Gasteiger partial charge is 0.407 e. The zero-order valence-electron chi connectivity index (χ0n) is 37.2. The Bertz CT molecular complexity index is 2860. The van der Waals surface area contributed by atoms with E-state index in [-0.39, 0.29) is 41.8 Å². The molecule has 2 aromatic heterocycles. The fourth-order valence-corrected chi connectivity index (χ4v) is 11.4. The van der Waals surface area contributed by atoms with E-state index in [1.165, 1.54) is 20.3 Å². The molecule has 4 aromatic carbocycles. The van der Waals surface area contributed by atoms with Crippen LogP contribution in [0.4, 0.5) is 14.0 Å². The number of aromatic nitrogens is 4. The minimum atomic E-state index is -0.962. The van der Waals surface area contributed by atoms with Gasteiger partial charge in [-0.25, -0.2) is 23.9 Å².